The van der Waals surface area contributed by atoms with Gasteiger partial charge in [-0.05, 0) is 60.2 Å². The minimum atomic E-state index is -0.540. The van der Waals surface area contributed by atoms with Crippen molar-refractivity contribution in [1.29, 1.82) is 0 Å². The third-order valence-electron chi connectivity index (χ3n) is 5.77. The van der Waals surface area contributed by atoms with E-state index in [9.17, 15) is 14.4 Å². The maximum Gasteiger partial charge on any atom is 0.291 e. The molecule has 5 rings (SSSR count). The Labute approximate surface area is 188 Å². The van der Waals surface area contributed by atoms with Crippen molar-refractivity contribution in [2.75, 3.05) is 11.9 Å². The van der Waals surface area contributed by atoms with Gasteiger partial charge < -0.3 is 14.6 Å². The fourth-order valence-electron chi connectivity index (χ4n) is 3.99. The zero-order valence-corrected chi connectivity index (χ0v) is 18.2. The van der Waals surface area contributed by atoms with Crippen molar-refractivity contribution < 1.29 is 14.0 Å². The number of hydrogen-bond acceptors (Lipinski definition) is 5. The number of fused-ring (bicyclic) bond motifs is 2. The van der Waals surface area contributed by atoms with Crippen LogP contribution in [0.3, 0.4) is 0 Å². The molecule has 2 aromatic carbocycles. The van der Waals surface area contributed by atoms with Gasteiger partial charge in [0, 0.05) is 35.3 Å². The summed E-state index contributed by atoms with van der Waals surface area (Å²) in [5.74, 6) is -0.681. The number of nitrogens with zero attached hydrogens (tertiary/aromatic N) is 1. The maximum atomic E-state index is 13.2. The second-order valence-corrected chi connectivity index (χ2v) is 8.75. The van der Waals surface area contributed by atoms with Crippen LogP contribution in [0.1, 0.15) is 36.9 Å². The third kappa shape index (κ3) is 3.61. The number of anilines is 1. The summed E-state index contributed by atoms with van der Waals surface area (Å²) < 4.78 is 5.63. The van der Waals surface area contributed by atoms with Crippen LogP contribution < -0.4 is 10.7 Å². The second-order valence-electron chi connectivity index (χ2n) is 7.75. The van der Waals surface area contributed by atoms with E-state index in [0.717, 1.165) is 6.42 Å². The highest BCUT2D eigenvalue weighted by Gasteiger charge is 2.24. The van der Waals surface area contributed by atoms with Gasteiger partial charge in [0.05, 0.1) is 5.39 Å². The summed E-state index contributed by atoms with van der Waals surface area (Å²) in [6.45, 7) is 3.07. The zero-order valence-electron chi connectivity index (χ0n) is 17.4. The summed E-state index contributed by atoms with van der Waals surface area (Å²) in [7, 11) is 0. The lowest BCUT2D eigenvalue weighted by Gasteiger charge is -2.28. The van der Waals surface area contributed by atoms with E-state index in [1.54, 1.807) is 60.7 Å². The van der Waals surface area contributed by atoms with Crippen molar-refractivity contribution in [2.45, 2.75) is 19.9 Å². The lowest BCUT2D eigenvalue weighted by atomic mass is 10.0. The van der Waals surface area contributed by atoms with Gasteiger partial charge >= 0.3 is 0 Å². The first-order chi connectivity index (χ1) is 15.5. The zero-order chi connectivity index (χ0) is 22.2. The van der Waals surface area contributed by atoms with Crippen LogP contribution in [0, 0.1) is 6.92 Å². The average molecular weight is 445 g/mol. The van der Waals surface area contributed by atoms with Gasteiger partial charge in [0.2, 0.25) is 0 Å². The van der Waals surface area contributed by atoms with Crippen LogP contribution in [-0.4, -0.2) is 23.3 Å². The first-order valence-corrected chi connectivity index (χ1v) is 11.2. The number of carbonyl (C=O) groups is 2. The largest absolute Gasteiger partial charge is 0.451 e. The van der Waals surface area contributed by atoms with Crippen molar-refractivity contribution in [3.63, 3.8) is 0 Å². The van der Waals surface area contributed by atoms with Gasteiger partial charge in [0.15, 0.2) is 11.2 Å². The van der Waals surface area contributed by atoms with Crippen LogP contribution in [0.2, 0.25) is 0 Å². The quantitative estimate of drug-likeness (QED) is 0.500. The van der Waals surface area contributed by atoms with Crippen molar-refractivity contribution in [1.82, 2.24) is 4.90 Å². The summed E-state index contributed by atoms with van der Waals surface area (Å²) in [6, 6.07) is 15.3. The smallest absolute Gasteiger partial charge is 0.291 e. The number of thiophene rings is 1. The maximum absolute atomic E-state index is 13.2. The van der Waals surface area contributed by atoms with Gasteiger partial charge in [-0.3, -0.25) is 14.4 Å². The molecule has 0 spiro atoms. The molecule has 1 N–H and O–H groups in total. The van der Waals surface area contributed by atoms with Gasteiger partial charge in [-0.25, -0.2) is 0 Å². The molecule has 0 saturated heterocycles. The van der Waals surface area contributed by atoms with Crippen LogP contribution >= 0.6 is 11.3 Å². The normalized spacial score (nSPS) is 13.1. The minimum absolute atomic E-state index is 0.0623. The molecule has 160 valence electrons. The lowest BCUT2D eigenvalue weighted by Crippen LogP contribution is -2.35. The molecule has 2 amide bonds. The van der Waals surface area contributed by atoms with E-state index >= 15 is 0 Å². The Bertz CT molecular complexity index is 1420. The first kappa shape index (κ1) is 20.2. The number of nitrogens with one attached hydrogen (secondary N) is 1. The molecule has 0 unspecified atom stereocenters. The predicted molar refractivity (Wildman–Crippen MR) is 124 cm³/mol. The van der Waals surface area contributed by atoms with Crippen LogP contribution in [0.5, 0.6) is 0 Å². The Hall–Kier alpha value is -3.71. The molecule has 4 aromatic rings. The van der Waals surface area contributed by atoms with Gasteiger partial charge in [-0.2, -0.15) is 0 Å². The summed E-state index contributed by atoms with van der Waals surface area (Å²) in [6.07, 6.45) is 0.856. The molecule has 1 aliphatic rings. The number of carbonyl (C=O) groups excluding carboxylic acids is 2. The number of amides is 2. The Balaban J connectivity index is 1.40. The second kappa shape index (κ2) is 8.09. The molecule has 0 radical (unpaired) electrons. The van der Waals surface area contributed by atoms with Gasteiger partial charge in [0.1, 0.15) is 5.58 Å². The van der Waals surface area contributed by atoms with E-state index < -0.39 is 5.91 Å². The Morgan fingerprint density at radius 1 is 1.09 bits per heavy atom. The number of rotatable bonds is 3. The molecular weight excluding hydrogens is 424 g/mol. The lowest BCUT2D eigenvalue weighted by molar-refractivity contribution is 0.0735. The molecule has 32 heavy (non-hydrogen) atoms. The van der Waals surface area contributed by atoms with Crippen molar-refractivity contribution in [2.24, 2.45) is 0 Å². The first-order valence-electron chi connectivity index (χ1n) is 10.3. The summed E-state index contributed by atoms with van der Waals surface area (Å²) in [4.78, 5) is 41.5. The minimum Gasteiger partial charge on any atom is -0.451 e. The van der Waals surface area contributed by atoms with E-state index in [0.29, 0.717) is 40.9 Å². The van der Waals surface area contributed by atoms with E-state index in [4.69, 9.17) is 4.42 Å². The number of para-hydroxylation sites is 1. The standard InChI is InChI=1S/C25H20N2O4S/c1-15-17(25(30)27-11-9-23-16(14-27)10-12-32-23)6-4-7-19(15)26-24(29)22-13-20(28)18-5-2-3-8-21(18)31-22/h2-8,10,12-13H,9,11,14H2,1H3,(H,26,29). The fraction of sp³-hybridized carbons (Fsp3) is 0.160. The Morgan fingerprint density at radius 2 is 1.94 bits per heavy atom. The Morgan fingerprint density at radius 3 is 2.81 bits per heavy atom. The molecule has 0 saturated carbocycles. The molecule has 0 bridgehead atoms. The fourth-order valence-corrected chi connectivity index (χ4v) is 4.88. The predicted octanol–water partition coefficient (Wildman–Crippen LogP) is 4.61. The molecule has 0 aliphatic carbocycles. The van der Waals surface area contributed by atoms with Crippen molar-refractivity contribution in [3.05, 3.63) is 97.5 Å². The molecule has 0 atom stereocenters. The van der Waals surface area contributed by atoms with Gasteiger partial charge in [-0.15, -0.1) is 11.3 Å². The van der Waals surface area contributed by atoms with Crippen LogP contribution in [0.25, 0.3) is 11.0 Å². The van der Waals surface area contributed by atoms with E-state index in [1.807, 2.05) is 4.90 Å². The Kier molecular flexibility index (Phi) is 5.11. The molecule has 3 heterocycles. The SMILES string of the molecule is Cc1c(NC(=O)c2cc(=O)c3ccccc3o2)cccc1C(=O)N1CCc2sccc2C1. The molecule has 7 heteroatoms. The van der Waals surface area contributed by atoms with Crippen LogP contribution in [0.15, 0.2) is 69.2 Å². The molecule has 6 nitrogen and oxygen atoms in total. The summed E-state index contributed by atoms with van der Waals surface area (Å²) in [5.41, 5.74) is 2.98. The number of benzene rings is 2. The summed E-state index contributed by atoms with van der Waals surface area (Å²) >= 11 is 1.73. The number of hydrogen-bond donors (Lipinski definition) is 1. The van der Waals surface area contributed by atoms with E-state index in [2.05, 4.69) is 16.8 Å². The van der Waals surface area contributed by atoms with Gasteiger partial charge in [-0.1, -0.05) is 18.2 Å². The highest BCUT2D eigenvalue weighted by Crippen LogP contribution is 2.27. The monoisotopic (exact) mass is 444 g/mol. The summed E-state index contributed by atoms with van der Waals surface area (Å²) in [5, 5.41) is 5.27. The van der Waals surface area contributed by atoms with Crippen molar-refractivity contribution >= 4 is 39.8 Å². The highest BCUT2D eigenvalue weighted by atomic mass is 32.1. The van der Waals surface area contributed by atoms with E-state index in [-0.39, 0.29) is 17.1 Å². The molecular formula is C25H20N2O4S. The van der Waals surface area contributed by atoms with Gasteiger partial charge in [0.25, 0.3) is 11.8 Å². The van der Waals surface area contributed by atoms with E-state index in [1.165, 1.54) is 16.5 Å². The average Bonchev–Trinajstić information content (AvgIpc) is 3.28. The highest BCUT2D eigenvalue weighted by molar-refractivity contribution is 7.10. The molecule has 1 aliphatic heterocycles. The van der Waals surface area contributed by atoms with Crippen molar-refractivity contribution in [3.8, 4) is 0 Å². The topological polar surface area (TPSA) is 79.6 Å². The molecule has 0 fully saturated rings. The van der Waals surface area contributed by atoms with Crippen LogP contribution in [-0.2, 0) is 13.0 Å². The van der Waals surface area contributed by atoms with Crippen LogP contribution in [0.4, 0.5) is 5.69 Å². The molecule has 2 aromatic heterocycles. The third-order valence-corrected chi connectivity index (χ3v) is 6.79.